The molecule has 0 spiro atoms. The van der Waals surface area contributed by atoms with E-state index in [4.69, 9.17) is 5.73 Å². The number of imidazole rings is 1. The molecule has 13 heavy (non-hydrogen) atoms. The summed E-state index contributed by atoms with van der Waals surface area (Å²) < 4.78 is 0. The summed E-state index contributed by atoms with van der Waals surface area (Å²) in [5, 5.41) is 0. The monoisotopic (exact) mass is 173 g/mol. The second-order valence-corrected chi connectivity index (χ2v) is 3.03. The lowest BCUT2D eigenvalue weighted by Gasteiger charge is -2.02. The number of rotatable bonds is 1. The van der Waals surface area contributed by atoms with Crippen LogP contribution in [0, 0.1) is 6.92 Å². The number of aryl methyl sites for hydroxylation is 1. The molecule has 0 fully saturated rings. The standard InChI is InChI=1S/C10H11N3/c1-7-2-3-9(11)8(6-7)10-12-4-5-13-10/h2-6H,11H2,1H3,(H,12,13). The van der Waals surface area contributed by atoms with Crippen molar-refractivity contribution in [3.05, 3.63) is 36.2 Å². The van der Waals surface area contributed by atoms with Crippen LogP contribution < -0.4 is 5.73 Å². The van der Waals surface area contributed by atoms with Gasteiger partial charge in [-0.2, -0.15) is 0 Å². The van der Waals surface area contributed by atoms with Gasteiger partial charge in [0.25, 0.3) is 0 Å². The van der Waals surface area contributed by atoms with Crippen LogP contribution in [0.2, 0.25) is 0 Å². The minimum atomic E-state index is 0.751. The lowest BCUT2D eigenvalue weighted by atomic mass is 10.1. The minimum absolute atomic E-state index is 0.751. The van der Waals surface area contributed by atoms with E-state index in [2.05, 4.69) is 9.97 Å². The van der Waals surface area contributed by atoms with Gasteiger partial charge in [-0.25, -0.2) is 4.98 Å². The molecule has 0 aliphatic carbocycles. The Hall–Kier alpha value is -1.77. The van der Waals surface area contributed by atoms with Crippen molar-refractivity contribution < 1.29 is 0 Å². The normalized spacial score (nSPS) is 10.2. The summed E-state index contributed by atoms with van der Waals surface area (Å²) in [6.45, 7) is 2.03. The molecule has 1 aromatic heterocycles. The van der Waals surface area contributed by atoms with Crippen LogP contribution >= 0.6 is 0 Å². The van der Waals surface area contributed by atoms with Gasteiger partial charge in [-0.3, -0.25) is 0 Å². The lowest BCUT2D eigenvalue weighted by Crippen LogP contribution is -1.91. The predicted molar refractivity (Wildman–Crippen MR) is 53.2 cm³/mol. The van der Waals surface area contributed by atoms with Crippen molar-refractivity contribution in [1.82, 2.24) is 9.97 Å². The average molecular weight is 173 g/mol. The van der Waals surface area contributed by atoms with Crippen LogP contribution in [-0.2, 0) is 0 Å². The van der Waals surface area contributed by atoms with Crippen LogP contribution in [0.1, 0.15) is 5.56 Å². The van der Waals surface area contributed by atoms with Gasteiger partial charge < -0.3 is 10.7 Å². The molecular weight excluding hydrogens is 162 g/mol. The molecule has 0 atom stereocenters. The van der Waals surface area contributed by atoms with Crippen LogP contribution in [0.15, 0.2) is 30.6 Å². The Morgan fingerprint density at radius 3 is 2.92 bits per heavy atom. The average Bonchev–Trinajstić information content (AvgIpc) is 2.61. The largest absolute Gasteiger partial charge is 0.398 e. The molecule has 3 N–H and O–H groups in total. The van der Waals surface area contributed by atoms with E-state index >= 15 is 0 Å². The van der Waals surface area contributed by atoms with Crippen molar-refractivity contribution in [2.75, 3.05) is 5.73 Å². The quantitative estimate of drug-likeness (QED) is 0.648. The number of hydrogen-bond donors (Lipinski definition) is 2. The molecule has 3 nitrogen and oxygen atoms in total. The predicted octanol–water partition coefficient (Wildman–Crippen LogP) is 1.97. The molecule has 0 radical (unpaired) electrons. The topological polar surface area (TPSA) is 54.7 Å². The zero-order valence-electron chi connectivity index (χ0n) is 7.41. The highest BCUT2D eigenvalue weighted by atomic mass is 14.9. The van der Waals surface area contributed by atoms with Crippen LogP contribution in [0.5, 0.6) is 0 Å². The number of nitrogen functional groups attached to an aromatic ring is 1. The van der Waals surface area contributed by atoms with Gasteiger partial charge >= 0.3 is 0 Å². The number of anilines is 1. The van der Waals surface area contributed by atoms with Crippen molar-refractivity contribution >= 4 is 5.69 Å². The maximum atomic E-state index is 5.82. The second kappa shape index (κ2) is 2.94. The number of aromatic amines is 1. The molecule has 0 aliphatic rings. The van der Waals surface area contributed by atoms with E-state index < -0.39 is 0 Å². The zero-order valence-corrected chi connectivity index (χ0v) is 7.41. The van der Waals surface area contributed by atoms with Crippen molar-refractivity contribution in [2.24, 2.45) is 0 Å². The number of nitrogens with two attached hydrogens (primary N) is 1. The molecule has 0 unspecified atom stereocenters. The van der Waals surface area contributed by atoms with Gasteiger partial charge in [-0.05, 0) is 19.1 Å². The third-order valence-corrected chi connectivity index (χ3v) is 1.96. The first kappa shape index (κ1) is 7.86. The van der Waals surface area contributed by atoms with E-state index in [0.717, 1.165) is 17.1 Å². The second-order valence-electron chi connectivity index (χ2n) is 3.03. The minimum Gasteiger partial charge on any atom is -0.398 e. The van der Waals surface area contributed by atoms with Gasteiger partial charge in [0.15, 0.2) is 0 Å². The first-order valence-electron chi connectivity index (χ1n) is 4.13. The van der Waals surface area contributed by atoms with Gasteiger partial charge in [0, 0.05) is 23.6 Å². The Morgan fingerprint density at radius 2 is 2.23 bits per heavy atom. The highest BCUT2D eigenvalue weighted by molar-refractivity contribution is 5.71. The Bertz CT molecular complexity index is 404. The number of H-pyrrole nitrogens is 1. The number of nitrogens with zero attached hydrogens (tertiary/aromatic N) is 1. The zero-order chi connectivity index (χ0) is 9.26. The number of benzene rings is 1. The maximum absolute atomic E-state index is 5.82. The van der Waals surface area contributed by atoms with Crippen molar-refractivity contribution in [2.45, 2.75) is 6.92 Å². The van der Waals surface area contributed by atoms with Crippen molar-refractivity contribution in [1.29, 1.82) is 0 Å². The summed E-state index contributed by atoms with van der Waals surface area (Å²) in [7, 11) is 0. The number of nitrogens with one attached hydrogen (secondary N) is 1. The smallest absolute Gasteiger partial charge is 0.139 e. The fourth-order valence-electron chi connectivity index (χ4n) is 1.29. The maximum Gasteiger partial charge on any atom is 0.139 e. The van der Waals surface area contributed by atoms with Crippen molar-refractivity contribution in [3.8, 4) is 11.4 Å². The summed E-state index contributed by atoms with van der Waals surface area (Å²) in [5.41, 5.74) is 8.72. The fraction of sp³-hybridized carbons (Fsp3) is 0.100. The van der Waals surface area contributed by atoms with E-state index in [1.807, 2.05) is 25.1 Å². The summed E-state index contributed by atoms with van der Waals surface area (Å²) in [4.78, 5) is 7.18. The van der Waals surface area contributed by atoms with Gasteiger partial charge in [0.1, 0.15) is 5.82 Å². The molecule has 2 aromatic rings. The van der Waals surface area contributed by atoms with Gasteiger partial charge in [-0.1, -0.05) is 11.6 Å². The molecule has 2 rings (SSSR count). The Balaban J connectivity index is 2.57. The van der Waals surface area contributed by atoms with E-state index in [1.54, 1.807) is 12.4 Å². The van der Waals surface area contributed by atoms with Crippen LogP contribution in [0.3, 0.4) is 0 Å². The lowest BCUT2D eigenvalue weighted by molar-refractivity contribution is 1.30. The van der Waals surface area contributed by atoms with Gasteiger partial charge in [-0.15, -0.1) is 0 Å². The van der Waals surface area contributed by atoms with Crippen molar-refractivity contribution in [3.63, 3.8) is 0 Å². The summed E-state index contributed by atoms with van der Waals surface area (Å²) in [5.74, 6) is 0.821. The van der Waals surface area contributed by atoms with Crippen LogP contribution in [0.25, 0.3) is 11.4 Å². The molecule has 3 heteroatoms. The molecule has 0 amide bonds. The molecule has 0 bridgehead atoms. The third kappa shape index (κ3) is 1.40. The van der Waals surface area contributed by atoms with Gasteiger partial charge in [0.05, 0.1) is 0 Å². The molecule has 0 saturated carbocycles. The van der Waals surface area contributed by atoms with Crippen LogP contribution in [0.4, 0.5) is 5.69 Å². The molecule has 1 aromatic carbocycles. The molecule has 0 saturated heterocycles. The van der Waals surface area contributed by atoms with E-state index in [-0.39, 0.29) is 0 Å². The summed E-state index contributed by atoms with van der Waals surface area (Å²) in [6.07, 6.45) is 3.51. The SMILES string of the molecule is Cc1ccc(N)c(-c2ncc[nH]2)c1. The summed E-state index contributed by atoms with van der Waals surface area (Å²) in [6, 6.07) is 5.91. The highest BCUT2D eigenvalue weighted by Crippen LogP contribution is 2.23. The highest BCUT2D eigenvalue weighted by Gasteiger charge is 2.03. The Kier molecular flexibility index (Phi) is 1.77. The van der Waals surface area contributed by atoms with Gasteiger partial charge in [0.2, 0.25) is 0 Å². The fourth-order valence-corrected chi connectivity index (χ4v) is 1.29. The Morgan fingerprint density at radius 1 is 1.38 bits per heavy atom. The third-order valence-electron chi connectivity index (χ3n) is 1.96. The molecule has 0 aliphatic heterocycles. The Labute approximate surface area is 76.6 Å². The van der Waals surface area contributed by atoms with E-state index in [0.29, 0.717) is 0 Å². The molecular formula is C10H11N3. The summed E-state index contributed by atoms with van der Waals surface area (Å²) >= 11 is 0. The van der Waals surface area contributed by atoms with E-state index in [9.17, 15) is 0 Å². The van der Waals surface area contributed by atoms with E-state index in [1.165, 1.54) is 5.56 Å². The first-order chi connectivity index (χ1) is 6.27. The number of aromatic nitrogens is 2. The first-order valence-corrected chi connectivity index (χ1v) is 4.13. The molecule has 66 valence electrons. The van der Waals surface area contributed by atoms with Crippen LogP contribution in [-0.4, -0.2) is 9.97 Å². The number of hydrogen-bond acceptors (Lipinski definition) is 2. The molecule has 1 heterocycles.